The SMILES string of the molecule is C[C@H](OC[C@H]1CO1)c1ccc(Cl)cc1Cl. The van der Waals surface area contributed by atoms with Gasteiger partial charge in [-0.1, -0.05) is 29.3 Å². The van der Waals surface area contributed by atoms with Crippen LogP contribution in [0, 0.1) is 0 Å². The van der Waals surface area contributed by atoms with Gasteiger partial charge in [-0.05, 0) is 24.6 Å². The Morgan fingerprint density at radius 2 is 2.27 bits per heavy atom. The van der Waals surface area contributed by atoms with E-state index in [1.54, 1.807) is 6.07 Å². The molecule has 2 atom stereocenters. The van der Waals surface area contributed by atoms with Gasteiger partial charge in [0.2, 0.25) is 0 Å². The van der Waals surface area contributed by atoms with E-state index in [0.29, 0.717) is 16.7 Å². The summed E-state index contributed by atoms with van der Waals surface area (Å²) >= 11 is 11.9. The standard InChI is InChI=1S/C11H12Cl2O2/c1-7(14-5-9-6-15-9)10-3-2-8(12)4-11(10)13/h2-4,7,9H,5-6H2,1H3/t7-,9-/m0/s1. The molecule has 0 N–H and O–H groups in total. The summed E-state index contributed by atoms with van der Waals surface area (Å²) in [6.07, 6.45) is 0.248. The van der Waals surface area contributed by atoms with Crippen molar-refractivity contribution >= 4 is 23.2 Å². The first-order chi connectivity index (χ1) is 7.16. The van der Waals surface area contributed by atoms with Crippen LogP contribution in [-0.2, 0) is 9.47 Å². The normalized spacial score (nSPS) is 21.4. The number of ether oxygens (including phenoxy) is 2. The molecule has 2 nitrogen and oxygen atoms in total. The monoisotopic (exact) mass is 246 g/mol. The molecule has 1 aromatic rings. The van der Waals surface area contributed by atoms with E-state index in [9.17, 15) is 0 Å². The van der Waals surface area contributed by atoms with E-state index in [2.05, 4.69) is 0 Å². The van der Waals surface area contributed by atoms with Gasteiger partial charge in [0, 0.05) is 10.0 Å². The van der Waals surface area contributed by atoms with Gasteiger partial charge in [-0.25, -0.2) is 0 Å². The quantitative estimate of drug-likeness (QED) is 0.760. The zero-order chi connectivity index (χ0) is 10.8. The van der Waals surface area contributed by atoms with Gasteiger partial charge in [0.1, 0.15) is 6.10 Å². The van der Waals surface area contributed by atoms with Crippen LogP contribution >= 0.6 is 23.2 Å². The second-order valence-electron chi connectivity index (χ2n) is 3.60. The fraction of sp³-hybridized carbons (Fsp3) is 0.455. The number of benzene rings is 1. The van der Waals surface area contributed by atoms with Crippen molar-refractivity contribution in [2.45, 2.75) is 19.1 Å². The van der Waals surface area contributed by atoms with Crippen LogP contribution in [0.5, 0.6) is 0 Å². The molecule has 0 radical (unpaired) electrons. The lowest BCUT2D eigenvalue weighted by atomic mass is 10.1. The zero-order valence-electron chi connectivity index (χ0n) is 8.37. The van der Waals surface area contributed by atoms with E-state index in [4.69, 9.17) is 32.7 Å². The smallest absolute Gasteiger partial charge is 0.104 e. The largest absolute Gasteiger partial charge is 0.371 e. The number of hydrogen-bond acceptors (Lipinski definition) is 2. The van der Waals surface area contributed by atoms with Crippen molar-refractivity contribution < 1.29 is 9.47 Å². The van der Waals surface area contributed by atoms with E-state index >= 15 is 0 Å². The molecule has 0 aromatic heterocycles. The molecule has 1 aromatic carbocycles. The van der Waals surface area contributed by atoms with Crippen LogP contribution in [0.15, 0.2) is 18.2 Å². The van der Waals surface area contributed by atoms with Gasteiger partial charge in [0.25, 0.3) is 0 Å². The lowest BCUT2D eigenvalue weighted by molar-refractivity contribution is 0.0540. The molecule has 4 heteroatoms. The van der Waals surface area contributed by atoms with Crippen LogP contribution < -0.4 is 0 Å². The third-order valence-corrected chi connectivity index (χ3v) is 2.90. The Bertz CT molecular complexity index is 350. The fourth-order valence-electron chi connectivity index (χ4n) is 1.34. The summed E-state index contributed by atoms with van der Waals surface area (Å²) in [5.41, 5.74) is 0.960. The molecule has 0 unspecified atom stereocenters. The molecular formula is C11H12Cl2O2. The van der Waals surface area contributed by atoms with Gasteiger partial charge in [-0.2, -0.15) is 0 Å². The summed E-state index contributed by atoms with van der Waals surface area (Å²) in [4.78, 5) is 0. The highest BCUT2D eigenvalue weighted by atomic mass is 35.5. The Kier molecular flexibility index (Phi) is 3.52. The van der Waals surface area contributed by atoms with Crippen LogP contribution in [-0.4, -0.2) is 19.3 Å². The maximum absolute atomic E-state index is 6.06. The Hall–Kier alpha value is -0.280. The highest BCUT2D eigenvalue weighted by Gasteiger charge is 2.24. The first-order valence-corrected chi connectivity index (χ1v) is 5.60. The summed E-state index contributed by atoms with van der Waals surface area (Å²) in [6.45, 7) is 3.40. The summed E-state index contributed by atoms with van der Waals surface area (Å²) in [5, 5.41) is 1.29. The molecule has 2 rings (SSSR count). The lowest BCUT2D eigenvalue weighted by Gasteiger charge is -2.14. The molecule has 1 fully saturated rings. The second-order valence-corrected chi connectivity index (χ2v) is 4.44. The summed E-state index contributed by atoms with van der Waals surface area (Å²) in [5.74, 6) is 0. The van der Waals surface area contributed by atoms with Crippen molar-refractivity contribution in [3.63, 3.8) is 0 Å². The van der Waals surface area contributed by atoms with Crippen LogP contribution in [0.25, 0.3) is 0 Å². The molecule has 0 aliphatic carbocycles. The maximum Gasteiger partial charge on any atom is 0.104 e. The molecular weight excluding hydrogens is 235 g/mol. The molecule has 1 heterocycles. The van der Waals surface area contributed by atoms with Crippen molar-refractivity contribution in [3.8, 4) is 0 Å². The Morgan fingerprint density at radius 3 is 2.87 bits per heavy atom. The molecule has 0 spiro atoms. The molecule has 0 bridgehead atoms. The summed E-state index contributed by atoms with van der Waals surface area (Å²) in [7, 11) is 0. The van der Waals surface area contributed by atoms with Crippen LogP contribution in [0.2, 0.25) is 10.0 Å². The van der Waals surface area contributed by atoms with Crippen molar-refractivity contribution in [2.24, 2.45) is 0 Å². The van der Waals surface area contributed by atoms with E-state index in [1.165, 1.54) is 0 Å². The van der Waals surface area contributed by atoms with Crippen LogP contribution in [0.4, 0.5) is 0 Å². The van der Waals surface area contributed by atoms with E-state index in [1.807, 2.05) is 19.1 Å². The van der Waals surface area contributed by atoms with Gasteiger partial charge in [-0.3, -0.25) is 0 Å². The van der Waals surface area contributed by atoms with Crippen molar-refractivity contribution in [3.05, 3.63) is 33.8 Å². The minimum atomic E-state index is -0.0287. The number of rotatable bonds is 4. The topological polar surface area (TPSA) is 21.8 Å². The first kappa shape index (κ1) is 11.2. The predicted molar refractivity (Wildman–Crippen MR) is 60.6 cm³/mol. The van der Waals surface area contributed by atoms with E-state index in [-0.39, 0.29) is 12.2 Å². The number of hydrogen-bond donors (Lipinski definition) is 0. The van der Waals surface area contributed by atoms with Gasteiger partial charge < -0.3 is 9.47 Å². The Labute approximate surface area is 99.1 Å². The Balaban J connectivity index is 1.99. The molecule has 0 saturated carbocycles. The number of epoxide rings is 1. The van der Waals surface area contributed by atoms with E-state index < -0.39 is 0 Å². The third-order valence-electron chi connectivity index (χ3n) is 2.33. The van der Waals surface area contributed by atoms with Gasteiger partial charge >= 0.3 is 0 Å². The van der Waals surface area contributed by atoms with Crippen molar-refractivity contribution in [1.29, 1.82) is 0 Å². The van der Waals surface area contributed by atoms with Crippen molar-refractivity contribution in [2.75, 3.05) is 13.2 Å². The molecule has 15 heavy (non-hydrogen) atoms. The lowest BCUT2D eigenvalue weighted by Crippen LogP contribution is -2.06. The van der Waals surface area contributed by atoms with Gasteiger partial charge in [0.15, 0.2) is 0 Å². The first-order valence-electron chi connectivity index (χ1n) is 4.85. The highest BCUT2D eigenvalue weighted by molar-refractivity contribution is 6.35. The Morgan fingerprint density at radius 1 is 1.53 bits per heavy atom. The number of halogens is 2. The average Bonchev–Trinajstić information content (AvgIpc) is 2.97. The minimum Gasteiger partial charge on any atom is -0.371 e. The molecule has 1 aliphatic rings. The zero-order valence-corrected chi connectivity index (χ0v) is 9.89. The maximum atomic E-state index is 6.06. The molecule has 1 aliphatic heterocycles. The van der Waals surface area contributed by atoms with Crippen molar-refractivity contribution in [1.82, 2.24) is 0 Å². The molecule has 0 amide bonds. The highest BCUT2D eigenvalue weighted by Crippen LogP contribution is 2.28. The predicted octanol–water partition coefficient (Wildman–Crippen LogP) is 3.47. The van der Waals surface area contributed by atoms with Gasteiger partial charge in [-0.15, -0.1) is 0 Å². The van der Waals surface area contributed by atoms with E-state index in [0.717, 1.165) is 12.2 Å². The summed E-state index contributed by atoms with van der Waals surface area (Å²) < 4.78 is 10.7. The molecule has 1 saturated heterocycles. The summed E-state index contributed by atoms with van der Waals surface area (Å²) in [6, 6.07) is 5.44. The minimum absolute atomic E-state index is 0.0287. The van der Waals surface area contributed by atoms with Crippen LogP contribution in [0.3, 0.4) is 0 Å². The molecule has 82 valence electrons. The fourth-order valence-corrected chi connectivity index (χ4v) is 1.90. The van der Waals surface area contributed by atoms with Crippen LogP contribution in [0.1, 0.15) is 18.6 Å². The van der Waals surface area contributed by atoms with Gasteiger partial charge in [0.05, 0.1) is 19.3 Å². The average molecular weight is 247 g/mol. The second kappa shape index (κ2) is 4.71. The third kappa shape index (κ3) is 3.08.